The van der Waals surface area contributed by atoms with Gasteiger partial charge in [-0.2, -0.15) is 0 Å². The first kappa shape index (κ1) is 20.7. The molecule has 5 nitrogen and oxygen atoms in total. The summed E-state index contributed by atoms with van der Waals surface area (Å²) in [6.45, 7) is 4.21. The fourth-order valence-corrected chi connectivity index (χ4v) is 4.84. The third-order valence-corrected chi connectivity index (χ3v) is 6.16. The van der Waals surface area contributed by atoms with E-state index < -0.39 is 0 Å². The molecule has 0 bridgehead atoms. The highest BCUT2D eigenvalue weighted by Gasteiger charge is 2.42. The van der Waals surface area contributed by atoms with Crippen molar-refractivity contribution in [2.24, 2.45) is 0 Å². The fourth-order valence-electron chi connectivity index (χ4n) is 4.38. The minimum absolute atomic E-state index is 0.119. The summed E-state index contributed by atoms with van der Waals surface area (Å²) in [6, 6.07) is 20.1. The van der Waals surface area contributed by atoms with Crippen LogP contribution in [0.5, 0.6) is 0 Å². The molecule has 0 unspecified atom stereocenters. The van der Waals surface area contributed by atoms with E-state index in [2.05, 4.69) is 62.9 Å². The maximum atomic E-state index is 6.08. The number of thiocarbonyl (C=S) groups is 1. The van der Waals surface area contributed by atoms with E-state index >= 15 is 0 Å². The van der Waals surface area contributed by atoms with Crippen molar-refractivity contribution >= 4 is 34.6 Å². The van der Waals surface area contributed by atoms with E-state index in [1.165, 1.54) is 11.1 Å². The summed E-state index contributed by atoms with van der Waals surface area (Å²) < 4.78 is 2.09. The van der Waals surface area contributed by atoms with E-state index in [-0.39, 0.29) is 12.1 Å². The van der Waals surface area contributed by atoms with E-state index in [1.54, 1.807) is 6.20 Å². The van der Waals surface area contributed by atoms with Gasteiger partial charge in [-0.15, -0.1) is 0 Å². The first-order valence-corrected chi connectivity index (χ1v) is 11.2. The number of pyridine rings is 2. The largest absolute Gasteiger partial charge is 0.351 e. The Balaban J connectivity index is 1.68. The lowest BCUT2D eigenvalue weighted by Crippen LogP contribution is -2.30. The van der Waals surface area contributed by atoms with Crippen molar-refractivity contribution < 1.29 is 0 Å². The highest BCUT2D eigenvalue weighted by Crippen LogP contribution is 2.42. The number of benzene rings is 1. The van der Waals surface area contributed by atoms with Gasteiger partial charge in [-0.3, -0.25) is 4.98 Å². The van der Waals surface area contributed by atoms with Crippen molar-refractivity contribution in [2.75, 3.05) is 4.90 Å². The Morgan fingerprint density at radius 2 is 1.78 bits per heavy atom. The molecular formula is C25H22ClN5S. The molecule has 1 aliphatic heterocycles. The Labute approximate surface area is 197 Å². The predicted molar refractivity (Wildman–Crippen MR) is 132 cm³/mol. The lowest BCUT2D eigenvalue weighted by atomic mass is 10.00. The number of rotatable bonds is 4. The Bertz CT molecular complexity index is 1250. The van der Waals surface area contributed by atoms with Crippen LogP contribution in [0.15, 0.2) is 79.3 Å². The van der Waals surface area contributed by atoms with Crippen molar-refractivity contribution in [3.63, 3.8) is 0 Å². The quantitative estimate of drug-likeness (QED) is 0.396. The van der Waals surface area contributed by atoms with Gasteiger partial charge in [-0.1, -0.05) is 23.7 Å². The number of halogens is 1. The number of anilines is 1. The standard InChI is InChI=1S/C25H22ClN5S/c1-16-12-17(2)14-19(13-16)31-24(23(29-25(31)32)20-6-3-4-10-27-20)21-7-5-11-30(21)22-9-8-18(26)15-28-22/h3-15,23-24H,1-2H3,(H,29,32)/t23-,24-/m0/s1. The molecule has 4 heterocycles. The molecule has 1 aliphatic rings. The summed E-state index contributed by atoms with van der Waals surface area (Å²) in [4.78, 5) is 11.4. The average Bonchev–Trinajstić information content (AvgIpc) is 3.38. The van der Waals surface area contributed by atoms with E-state index in [0.29, 0.717) is 10.1 Å². The van der Waals surface area contributed by atoms with E-state index in [4.69, 9.17) is 23.8 Å². The molecule has 5 rings (SSSR count). The molecule has 1 saturated heterocycles. The van der Waals surface area contributed by atoms with Gasteiger partial charge < -0.3 is 14.8 Å². The summed E-state index contributed by atoms with van der Waals surface area (Å²) >= 11 is 11.9. The van der Waals surface area contributed by atoms with Gasteiger partial charge >= 0.3 is 0 Å². The monoisotopic (exact) mass is 459 g/mol. The van der Waals surface area contributed by atoms with Gasteiger partial charge in [0.15, 0.2) is 5.11 Å². The Morgan fingerprint density at radius 3 is 2.47 bits per heavy atom. The van der Waals surface area contributed by atoms with Gasteiger partial charge in [-0.05, 0) is 85.7 Å². The highest BCUT2D eigenvalue weighted by atomic mass is 35.5. The van der Waals surface area contributed by atoms with Crippen molar-refractivity contribution in [1.82, 2.24) is 19.9 Å². The Kier molecular flexibility index (Phi) is 5.41. The lowest BCUT2D eigenvalue weighted by Gasteiger charge is -2.29. The SMILES string of the molecule is Cc1cc(C)cc(N2C(=S)N[C@@H](c3ccccn3)[C@@H]2c2cccn2-c2ccc(Cl)cn2)c1. The summed E-state index contributed by atoms with van der Waals surface area (Å²) in [6.07, 6.45) is 5.49. The van der Waals surface area contributed by atoms with Crippen molar-refractivity contribution in [3.05, 3.63) is 107 Å². The Hall–Kier alpha value is -3.22. The molecule has 0 spiro atoms. The van der Waals surface area contributed by atoms with Gasteiger partial charge in [0.25, 0.3) is 0 Å². The molecule has 1 fully saturated rings. The normalized spacial score (nSPS) is 18.1. The summed E-state index contributed by atoms with van der Waals surface area (Å²) in [5.74, 6) is 0.798. The molecule has 4 aromatic rings. The highest BCUT2D eigenvalue weighted by molar-refractivity contribution is 7.80. The molecule has 0 radical (unpaired) electrons. The molecule has 1 N–H and O–H groups in total. The van der Waals surface area contributed by atoms with Crippen LogP contribution in [0.4, 0.5) is 5.69 Å². The molecule has 2 atom stereocenters. The van der Waals surface area contributed by atoms with Gasteiger partial charge in [-0.25, -0.2) is 4.98 Å². The van der Waals surface area contributed by atoms with Crippen LogP contribution in [0.2, 0.25) is 5.02 Å². The topological polar surface area (TPSA) is 46.0 Å². The van der Waals surface area contributed by atoms with Crippen molar-refractivity contribution in [2.45, 2.75) is 25.9 Å². The number of nitrogens with zero attached hydrogens (tertiary/aromatic N) is 4. The molecule has 1 aromatic carbocycles. The molecule has 7 heteroatoms. The van der Waals surface area contributed by atoms with Crippen molar-refractivity contribution in [1.29, 1.82) is 0 Å². The number of aryl methyl sites for hydroxylation is 2. The second-order valence-electron chi connectivity index (χ2n) is 7.98. The van der Waals surface area contributed by atoms with E-state index in [1.807, 2.05) is 48.8 Å². The zero-order valence-electron chi connectivity index (χ0n) is 17.7. The van der Waals surface area contributed by atoms with Gasteiger partial charge in [0.1, 0.15) is 11.9 Å². The van der Waals surface area contributed by atoms with Crippen LogP contribution < -0.4 is 10.2 Å². The Morgan fingerprint density at radius 1 is 0.969 bits per heavy atom. The van der Waals surface area contributed by atoms with Crippen LogP contribution in [-0.2, 0) is 0 Å². The molecule has 0 saturated carbocycles. The lowest BCUT2D eigenvalue weighted by molar-refractivity contribution is 0.548. The van der Waals surface area contributed by atoms with Gasteiger partial charge in [0, 0.05) is 30.0 Å². The second-order valence-corrected chi connectivity index (χ2v) is 8.80. The zero-order valence-corrected chi connectivity index (χ0v) is 19.3. The third-order valence-electron chi connectivity index (χ3n) is 5.62. The van der Waals surface area contributed by atoms with Crippen LogP contribution in [0, 0.1) is 13.8 Å². The molecule has 0 aliphatic carbocycles. The first-order valence-electron chi connectivity index (χ1n) is 10.4. The maximum Gasteiger partial charge on any atom is 0.174 e. The van der Waals surface area contributed by atoms with Crippen LogP contribution in [0.25, 0.3) is 5.82 Å². The molecule has 3 aromatic heterocycles. The predicted octanol–water partition coefficient (Wildman–Crippen LogP) is 5.71. The molecule has 32 heavy (non-hydrogen) atoms. The maximum absolute atomic E-state index is 6.08. The summed E-state index contributed by atoms with van der Waals surface area (Å²) in [5.41, 5.74) is 5.43. The average molecular weight is 460 g/mol. The first-order chi connectivity index (χ1) is 15.5. The van der Waals surface area contributed by atoms with Crippen LogP contribution >= 0.6 is 23.8 Å². The zero-order chi connectivity index (χ0) is 22.2. The van der Waals surface area contributed by atoms with Crippen LogP contribution in [-0.4, -0.2) is 19.6 Å². The fraction of sp³-hybridized carbons (Fsp3) is 0.160. The second kappa shape index (κ2) is 8.37. The number of hydrogen-bond acceptors (Lipinski definition) is 3. The van der Waals surface area contributed by atoms with Crippen molar-refractivity contribution in [3.8, 4) is 5.82 Å². The van der Waals surface area contributed by atoms with Gasteiger partial charge in [0.2, 0.25) is 0 Å². The number of nitrogens with one attached hydrogen (secondary N) is 1. The van der Waals surface area contributed by atoms with E-state index in [0.717, 1.165) is 22.9 Å². The molecule has 0 amide bonds. The van der Waals surface area contributed by atoms with Crippen LogP contribution in [0.1, 0.15) is 34.6 Å². The third kappa shape index (κ3) is 3.76. The number of aromatic nitrogens is 3. The summed E-state index contributed by atoms with van der Waals surface area (Å²) in [5, 5.41) is 4.80. The van der Waals surface area contributed by atoms with Crippen LogP contribution in [0.3, 0.4) is 0 Å². The van der Waals surface area contributed by atoms with Gasteiger partial charge in [0.05, 0.1) is 16.8 Å². The molecular weight excluding hydrogens is 438 g/mol. The summed E-state index contributed by atoms with van der Waals surface area (Å²) in [7, 11) is 0. The minimum Gasteiger partial charge on any atom is -0.351 e. The van der Waals surface area contributed by atoms with E-state index in [9.17, 15) is 0 Å². The molecule has 160 valence electrons. The smallest absolute Gasteiger partial charge is 0.174 e. The number of hydrogen-bond donors (Lipinski definition) is 1. The minimum atomic E-state index is -0.120.